The molecule has 0 radical (unpaired) electrons. The van der Waals surface area contributed by atoms with Crippen molar-refractivity contribution in [2.45, 2.75) is 32.3 Å². The number of hydrogen-bond donors (Lipinski definition) is 3. The maximum Gasteiger partial charge on any atom is 0.191 e. The molecule has 1 saturated carbocycles. The monoisotopic (exact) mass is 357 g/mol. The number of aliphatic imine (C=N–C) groups is 1. The fourth-order valence-electron chi connectivity index (χ4n) is 2.61. The highest BCUT2D eigenvalue weighted by Gasteiger charge is 2.45. The number of rotatable bonds is 8. The van der Waals surface area contributed by atoms with Crippen LogP contribution in [0.1, 0.15) is 32.4 Å². The lowest BCUT2D eigenvalue weighted by Crippen LogP contribution is -2.42. The zero-order valence-electron chi connectivity index (χ0n) is 14.5. The van der Waals surface area contributed by atoms with Crippen molar-refractivity contribution in [2.75, 3.05) is 31.6 Å². The minimum absolute atomic E-state index is 0.134. The van der Waals surface area contributed by atoms with Crippen LogP contribution in [0, 0.1) is 5.41 Å². The highest BCUT2D eigenvalue weighted by atomic mass is 32.2. The van der Waals surface area contributed by atoms with Gasteiger partial charge in [0.05, 0.1) is 18.6 Å². The Labute approximate surface area is 143 Å². The van der Waals surface area contributed by atoms with Gasteiger partial charge in [-0.25, -0.2) is 13.4 Å². The molecule has 1 aromatic heterocycles. The molecular formula is C16H27N3O4S. The van der Waals surface area contributed by atoms with Gasteiger partial charge in [-0.05, 0) is 38.8 Å². The number of aliphatic hydroxyl groups is 1. The number of guanidine groups is 1. The average Bonchev–Trinajstić information content (AvgIpc) is 3.01. The number of furan rings is 1. The third-order valence-electron chi connectivity index (χ3n) is 4.10. The van der Waals surface area contributed by atoms with Gasteiger partial charge in [-0.2, -0.15) is 0 Å². The van der Waals surface area contributed by atoms with Crippen molar-refractivity contribution in [3.63, 3.8) is 0 Å². The van der Waals surface area contributed by atoms with Crippen LogP contribution in [0.25, 0.3) is 0 Å². The van der Waals surface area contributed by atoms with Gasteiger partial charge in [-0.15, -0.1) is 0 Å². The first-order valence-corrected chi connectivity index (χ1v) is 10.2. The second kappa shape index (κ2) is 7.14. The largest absolute Gasteiger partial charge is 0.466 e. The fraction of sp³-hybridized carbons (Fsp3) is 0.688. The van der Waals surface area contributed by atoms with Crippen molar-refractivity contribution in [3.05, 3.63) is 24.2 Å². The molecule has 1 fully saturated rings. The predicted molar refractivity (Wildman–Crippen MR) is 93.6 cm³/mol. The Kier molecular flexibility index (Phi) is 5.59. The van der Waals surface area contributed by atoms with Crippen LogP contribution in [-0.4, -0.2) is 51.1 Å². The Morgan fingerprint density at radius 1 is 1.46 bits per heavy atom. The highest BCUT2D eigenvalue weighted by Crippen LogP contribution is 2.45. The summed E-state index contributed by atoms with van der Waals surface area (Å²) >= 11 is 0. The van der Waals surface area contributed by atoms with Crippen LogP contribution in [0.3, 0.4) is 0 Å². The van der Waals surface area contributed by atoms with E-state index in [2.05, 4.69) is 15.6 Å². The maximum atomic E-state index is 11.5. The van der Waals surface area contributed by atoms with E-state index in [4.69, 9.17) is 4.42 Å². The maximum absolute atomic E-state index is 11.5. The van der Waals surface area contributed by atoms with Gasteiger partial charge in [0.2, 0.25) is 0 Å². The highest BCUT2D eigenvalue weighted by molar-refractivity contribution is 7.90. The topological polar surface area (TPSA) is 104 Å². The Morgan fingerprint density at radius 2 is 2.17 bits per heavy atom. The summed E-state index contributed by atoms with van der Waals surface area (Å²) in [6, 6.07) is 3.43. The Balaban J connectivity index is 1.96. The molecule has 0 bridgehead atoms. The average molecular weight is 357 g/mol. The van der Waals surface area contributed by atoms with Gasteiger partial charge in [-0.3, -0.25) is 0 Å². The molecule has 0 aliphatic heterocycles. The molecule has 0 saturated heterocycles. The van der Waals surface area contributed by atoms with Crippen molar-refractivity contribution in [3.8, 4) is 0 Å². The SMILES string of the molecule is CCNC(=NCC(C)(O)c1ccco1)NCC1(CS(C)(=O)=O)CC1. The summed E-state index contributed by atoms with van der Waals surface area (Å²) in [4.78, 5) is 4.40. The summed E-state index contributed by atoms with van der Waals surface area (Å²) in [5.74, 6) is 1.21. The Hall–Kier alpha value is -1.54. The van der Waals surface area contributed by atoms with Crippen molar-refractivity contribution in [1.29, 1.82) is 0 Å². The molecule has 1 unspecified atom stereocenters. The molecule has 3 N–H and O–H groups in total. The molecule has 2 rings (SSSR count). The molecular weight excluding hydrogens is 330 g/mol. The van der Waals surface area contributed by atoms with E-state index < -0.39 is 15.4 Å². The third-order valence-corrected chi connectivity index (χ3v) is 5.23. The fourth-order valence-corrected chi connectivity index (χ4v) is 4.12. The van der Waals surface area contributed by atoms with Gasteiger partial charge in [0.25, 0.3) is 0 Å². The molecule has 8 heteroatoms. The lowest BCUT2D eigenvalue weighted by Gasteiger charge is -2.21. The van der Waals surface area contributed by atoms with Crippen molar-refractivity contribution in [1.82, 2.24) is 10.6 Å². The summed E-state index contributed by atoms with van der Waals surface area (Å²) < 4.78 is 28.3. The smallest absolute Gasteiger partial charge is 0.191 e. The van der Waals surface area contributed by atoms with Crippen LogP contribution >= 0.6 is 0 Å². The second-order valence-electron chi connectivity index (χ2n) is 6.87. The molecule has 136 valence electrons. The molecule has 24 heavy (non-hydrogen) atoms. The van der Waals surface area contributed by atoms with Crippen LogP contribution in [0.4, 0.5) is 0 Å². The molecule has 1 aliphatic carbocycles. The number of sulfone groups is 1. The van der Waals surface area contributed by atoms with Gasteiger partial charge in [-0.1, -0.05) is 0 Å². The minimum atomic E-state index is -3.00. The molecule has 0 spiro atoms. The Morgan fingerprint density at radius 3 is 2.67 bits per heavy atom. The van der Waals surface area contributed by atoms with Crippen LogP contribution in [0.2, 0.25) is 0 Å². The lowest BCUT2D eigenvalue weighted by atomic mass is 10.0. The molecule has 1 atom stereocenters. The number of nitrogens with one attached hydrogen (secondary N) is 2. The van der Waals surface area contributed by atoms with Crippen molar-refractivity contribution < 1.29 is 17.9 Å². The first-order valence-electron chi connectivity index (χ1n) is 8.12. The molecule has 1 aliphatic rings. The number of hydrogen-bond acceptors (Lipinski definition) is 5. The van der Waals surface area contributed by atoms with Crippen LogP contribution < -0.4 is 10.6 Å². The van der Waals surface area contributed by atoms with Gasteiger partial charge in [0.15, 0.2) is 5.96 Å². The first kappa shape index (κ1) is 18.8. The quantitative estimate of drug-likeness (QED) is 0.471. The van der Waals surface area contributed by atoms with E-state index in [0.29, 0.717) is 24.8 Å². The molecule has 1 heterocycles. The molecule has 0 amide bonds. The van der Waals surface area contributed by atoms with Gasteiger partial charge in [0.1, 0.15) is 21.2 Å². The summed E-state index contributed by atoms with van der Waals surface area (Å²) in [5, 5.41) is 16.8. The van der Waals surface area contributed by atoms with E-state index in [1.54, 1.807) is 19.1 Å². The molecule has 0 aromatic carbocycles. The van der Waals surface area contributed by atoms with Gasteiger partial charge in [0, 0.05) is 24.8 Å². The zero-order chi connectivity index (χ0) is 17.8. The molecule has 1 aromatic rings. The number of nitrogens with zero attached hydrogens (tertiary/aromatic N) is 1. The second-order valence-corrected chi connectivity index (χ2v) is 9.01. The van der Waals surface area contributed by atoms with E-state index >= 15 is 0 Å². The first-order chi connectivity index (χ1) is 11.2. The van der Waals surface area contributed by atoms with E-state index in [0.717, 1.165) is 12.8 Å². The van der Waals surface area contributed by atoms with E-state index in [1.807, 2.05) is 6.92 Å². The summed E-state index contributed by atoms with van der Waals surface area (Å²) in [5.41, 5.74) is -1.39. The summed E-state index contributed by atoms with van der Waals surface area (Å²) in [6.07, 6.45) is 4.58. The van der Waals surface area contributed by atoms with E-state index in [1.165, 1.54) is 12.5 Å². The molecule has 7 nitrogen and oxygen atoms in total. The summed E-state index contributed by atoms with van der Waals surface area (Å²) in [6.45, 7) is 4.95. The van der Waals surface area contributed by atoms with Gasteiger partial charge < -0.3 is 20.2 Å². The normalized spacial score (nSPS) is 19.6. The predicted octanol–water partition coefficient (Wildman–Crippen LogP) is 0.867. The minimum Gasteiger partial charge on any atom is -0.466 e. The van der Waals surface area contributed by atoms with Crippen molar-refractivity contribution in [2.24, 2.45) is 10.4 Å². The van der Waals surface area contributed by atoms with Gasteiger partial charge >= 0.3 is 0 Å². The Bertz CT molecular complexity index is 662. The van der Waals surface area contributed by atoms with Crippen LogP contribution in [0.15, 0.2) is 27.8 Å². The standard InChI is InChI=1S/C16H27N3O4S/c1-4-17-14(18-10-15(2,20)13-6-5-9-23-13)19-11-16(7-8-16)12-24(3,21)22/h5-6,9,20H,4,7-8,10-12H2,1-3H3,(H2,17,18,19). The zero-order valence-corrected chi connectivity index (χ0v) is 15.3. The van der Waals surface area contributed by atoms with E-state index in [9.17, 15) is 13.5 Å². The summed E-state index contributed by atoms with van der Waals surface area (Å²) in [7, 11) is -3.00. The van der Waals surface area contributed by atoms with Crippen LogP contribution in [0.5, 0.6) is 0 Å². The lowest BCUT2D eigenvalue weighted by molar-refractivity contribution is 0.0437. The third kappa shape index (κ3) is 5.52. The van der Waals surface area contributed by atoms with Crippen molar-refractivity contribution >= 4 is 15.8 Å². The van der Waals surface area contributed by atoms with E-state index in [-0.39, 0.29) is 17.7 Å². The van der Waals surface area contributed by atoms with Crippen LogP contribution in [-0.2, 0) is 15.4 Å².